The molecule has 1 aliphatic heterocycles. The quantitative estimate of drug-likeness (QED) is 0.657. The summed E-state index contributed by atoms with van der Waals surface area (Å²) in [4.78, 5) is 13.6. The summed E-state index contributed by atoms with van der Waals surface area (Å²) in [6.45, 7) is 4.08. The summed E-state index contributed by atoms with van der Waals surface area (Å²) >= 11 is 1.27. The number of hydrogen-bond donors (Lipinski definition) is 1. The molecule has 6 heteroatoms. The molecule has 1 unspecified atom stereocenters. The van der Waals surface area contributed by atoms with E-state index in [0.29, 0.717) is 5.92 Å². The third kappa shape index (κ3) is 3.76. The van der Waals surface area contributed by atoms with E-state index in [1.165, 1.54) is 24.2 Å². The second-order valence-electron chi connectivity index (χ2n) is 4.91. The number of nitrogens with one attached hydrogen (secondary N) is 1. The molecule has 5 nitrogen and oxygen atoms in total. The number of thiophene rings is 1. The van der Waals surface area contributed by atoms with Gasteiger partial charge in [-0.3, -0.25) is 10.1 Å². The Morgan fingerprint density at radius 3 is 3.06 bits per heavy atom. The zero-order valence-electron chi connectivity index (χ0n) is 10.6. The molecule has 1 N–H and O–H groups in total. The van der Waals surface area contributed by atoms with Crippen molar-refractivity contribution in [1.82, 2.24) is 10.2 Å². The third-order valence-corrected chi connectivity index (χ3v) is 4.24. The van der Waals surface area contributed by atoms with Crippen LogP contribution in [0.15, 0.2) is 12.1 Å². The van der Waals surface area contributed by atoms with Crippen LogP contribution in [0.5, 0.6) is 0 Å². The van der Waals surface area contributed by atoms with Crippen LogP contribution in [-0.4, -0.2) is 36.5 Å². The first-order valence-corrected chi connectivity index (χ1v) is 7.09. The van der Waals surface area contributed by atoms with Gasteiger partial charge in [0, 0.05) is 24.0 Å². The number of nitro groups is 1. The van der Waals surface area contributed by atoms with Crippen molar-refractivity contribution in [3.05, 3.63) is 27.1 Å². The zero-order valence-corrected chi connectivity index (χ0v) is 11.4. The maximum atomic E-state index is 10.6. The largest absolute Gasteiger partial charge is 0.324 e. The molecule has 0 amide bonds. The Morgan fingerprint density at radius 1 is 1.61 bits per heavy atom. The Balaban J connectivity index is 1.82. The minimum absolute atomic E-state index is 0.234. The molecule has 2 rings (SSSR count). The smallest absolute Gasteiger partial charge is 0.316 e. The van der Waals surface area contributed by atoms with Crippen molar-refractivity contribution in [2.24, 2.45) is 5.92 Å². The van der Waals surface area contributed by atoms with Gasteiger partial charge in [-0.25, -0.2) is 0 Å². The van der Waals surface area contributed by atoms with E-state index in [-0.39, 0.29) is 9.92 Å². The normalized spacial score (nSPS) is 20.2. The highest BCUT2D eigenvalue weighted by atomic mass is 32.1. The van der Waals surface area contributed by atoms with E-state index in [1.807, 2.05) is 6.07 Å². The van der Waals surface area contributed by atoms with Gasteiger partial charge in [0.15, 0.2) is 0 Å². The molecule has 0 spiro atoms. The average molecular weight is 269 g/mol. The second kappa shape index (κ2) is 6.26. The van der Waals surface area contributed by atoms with Gasteiger partial charge >= 0.3 is 5.00 Å². The van der Waals surface area contributed by atoms with Crippen molar-refractivity contribution in [2.75, 3.05) is 26.7 Å². The summed E-state index contributed by atoms with van der Waals surface area (Å²) in [6, 6.07) is 3.45. The first kappa shape index (κ1) is 13.5. The van der Waals surface area contributed by atoms with Gasteiger partial charge in [0.2, 0.25) is 0 Å². The molecule has 0 radical (unpaired) electrons. The average Bonchev–Trinajstić information content (AvgIpc) is 2.78. The van der Waals surface area contributed by atoms with Gasteiger partial charge in [0.05, 0.1) is 4.92 Å². The Kier molecular flexibility index (Phi) is 4.68. The number of hydrogen-bond acceptors (Lipinski definition) is 5. The highest BCUT2D eigenvalue weighted by Gasteiger charge is 2.16. The fourth-order valence-corrected chi connectivity index (χ4v) is 3.30. The minimum Gasteiger partial charge on any atom is -0.316 e. The summed E-state index contributed by atoms with van der Waals surface area (Å²) in [7, 11) is 2.08. The van der Waals surface area contributed by atoms with Crippen molar-refractivity contribution in [3.63, 3.8) is 0 Å². The van der Waals surface area contributed by atoms with E-state index in [9.17, 15) is 10.1 Å². The van der Waals surface area contributed by atoms with Gasteiger partial charge in [-0.05, 0) is 45.0 Å². The zero-order chi connectivity index (χ0) is 13.0. The molecule has 1 aromatic heterocycles. The molecule has 0 aromatic carbocycles. The lowest BCUT2D eigenvalue weighted by Gasteiger charge is -2.27. The third-order valence-electron chi connectivity index (χ3n) is 3.22. The summed E-state index contributed by atoms with van der Waals surface area (Å²) in [5.74, 6) is 0.707. The maximum Gasteiger partial charge on any atom is 0.324 e. The summed E-state index contributed by atoms with van der Waals surface area (Å²) in [5, 5.41) is 14.3. The molecule has 100 valence electrons. The summed E-state index contributed by atoms with van der Waals surface area (Å²) in [5.41, 5.74) is 0. The van der Waals surface area contributed by atoms with Crippen molar-refractivity contribution < 1.29 is 4.92 Å². The van der Waals surface area contributed by atoms with Crippen LogP contribution in [0.4, 0.5) is 5.00 Å². The van der Waals surface area contributed by atoms with E-state index in [2.05, 4.69) is 17.3 Å². The van der Waals surface area contributed by atoms with Crippen LogP contribution in [0.25, 0.3) is 0 Å². The second-order valence-corrected chi connectivity index (χ2v) is 6.05. The predicted molar refractivity (Wildman–Crippen MR) is 72.9 cm³/mol. The van der Waals surface area contributed by atoms with Gasteiger partial charge in [0.1, 0.15) is 0 Å². The minimum atomic E-state index is -0.320. The topological polar surface area (TPSA) is 58.4 Å². The van der Waals surface area contributed by atoms with E-state index in [4.69, 9.17) is 0 Å². The fourth-order valence-electron chi connectivity index (χ4n) is 2.40. The summed E-state index contributed by atoms with van der Waals surface area (Å²) < 4.78 is 0. The first-order chi connectivity index (χ1) is 8.65. The maximum absolute atomic E-state index is 10.6. The summed E-state index contributed by atoms with van der Waals surface area (Å²) in [6.07, 6.45) is 2.53. The lowest BCUT2D eigenvalue weighted by atomic mass is 9.99. The lowest BCUT2D eigenvalue weighted by molar-refractivity contribution is -0.380. The van der Waals surface area contributed by atoms with Gasteiger partial charge in [-0.15, -0.1) is 0 Å². The highest BCUT2D eigenvalue weighted by Crippen LogP contribution is 2.25. The van der Waals surface area contributed by atoms with Gasteiger partial charge in [0.25, 0.3) is 0 Å². The molecule has 1 aromatic rings. The molecule has 1 atom stereocenters. The monoisotopic (exact) mass is 269 g/mol. The van der Waals surface area contributed by atoms with Crippen LogP contribution in [0.2, 0.25) is 0 Å². The number of rotatable bonds is 5. The van der Waals surface area contributed by atoms with Crippen molar-refractivity contribution in [3.8, 4) is 0 Å². The van der Waals surface area contributed by atoms with Crippen LogP contribution >= 0.6 is 11.3 Å². The van der Waals surface area contributed by atoms with E-state index in [1.54, 1.807) is 6.07 Å². The van der Waals surface area contributed by atoms with Crippen molar-refractivity contribution in [2.45, 2.75) is 19.4 Å². The Labute approximate surface area is 111 Å². The van der Waals surface area contributed by atoms with Crippen LogP contribution in [0, 0.1) is 16.0 Å². The fraction of sp³-hybridized carbons (Fsp3) is 0.667. The van der Waals surface area contributed by atoms with Gasteiger partial charge < -0.3 is 10.2 Å². The standard InChI is InChI=1S/C12H19N3O2S/c1-14(8-10-3-2-6-13-7-10)9-11-4-5-12(18-11)15(16)17/h4-5,10,13H,2-3,6-9H2,1H3. The Morgan fingerprint density at radius 2 is 2.44 bits per heavy atom. The molecule has 1 saturated heterocycles. The van der Waals surface area contributed by atoms with Crippen LogP contribution in [0.3, 0.4) is 0 Å². The van der Waals surface area contributed by atoms with Crippen molar-refractivity contribution >= 4 is 16.3 Å². The highest BCUT2D eigenvalue weighted by molar-refractivity contribution is 7.15. The SMILES string of the molecule is CN(Cc1ccc([N+](=O)[O-])s1)CC1CCCNC1. The molecular weight excluding hydrogens is 250 g/mol. The molecule has 1 fully saturated rings. The molecule has 0 aliphatic carbocycles. The number of piperidine rings is 1. The first-order valence-electron chi connectivity index (χ1n) is 6.27. The van der Waals surface area contributed by atoms with Gasteiger partial charge in [-0.2, -0.15) is 0 Å². The molecule has 2 heterocycles. The van der Waals surface area contributed by atoms with Gasteiger partial charge in [-0.1, -0.05) is 11.3 Å². The molecule has 0 saturated carbocycles. The molecule has 18 heavy (non-hydrogen) atoms. The van der Waals surface area contributed by atoms with Crippen molar-refractivity contribution in [1.29, 1.82) is 0 Å². The van der Waals surface area contributed by atoms with Crippen LogP contribution in [-0.2, 0) is 6.54 Å². The number of nitrogens with zero attached hydrogens (tertiary/aromatic N) is 2. The van der Waals surface area contributed by atoms with E-state index in [0.717, 1.165) is 31.1 Å². The van der Waals surface area contributed by atoms with Crippen LogP contribution < -0.4 is 5.32 Å². The van der Waals surface area contributed by atoms with E-state index >= 15 is 0 Å². The van der Waals surface area contributed by atoms with E-state index < -0.39 is 0 Å². The molecular formula is C12H19N3O2S. The lowest BCUT2D eigenvalue weighted by Crippen LogP contribution is -2.36. The molecule has 1 aliphatic rings. The predicted octanol–water partition coefficient (Wildman–Crippen LogP) is 2.09. The Hall–Kier alpha value is -0.980. The molecule has 0 bridgehead atoms. The van der Waals surface area contributed by atoms with Crippen LogP contribution in [0.1, 0.15) is 17.7 Å². The Bertz CT molecular complexity index is 402.